The summed E-state index contributed by atoms with van der Waals surface area (Å²) in [7, 11) is 0. The molecule has 0 saturated heterocycles. The molecule has 1 aliphatic rings. The van der Waals surface area contributed by atoms with Crippen molar-refractivity contribution in [3.63, 3.8) is 0 Å². The van der Waals surface area contributed by atoms with Crippen molar-refractivity contribution in [2.75, 3.05) is 26.3 Å². The fourth-order valence-corrected chi connectivity index (χ4v) is 1.74. The Morgan fingerprint density at radius 2 is 1.81 bits per heavy atom. The molecular formula is C14H20N2O5. The molecule has 3 amide bonds. The maximum Gasteiger partial charge on any atom is 0.254 e. The van der Waals surface area contributed by atoms with Crippen LogP contribution in [0, 0.1) is 0 Å². The maximum atomic E-state index is 11.5. The molecule has 0 radical (unpaired) electrons. The molecule has 7 nitrogen and oxygen atoms in total. The number of ether oxygens (including phenoxy) is 1. The average Bonchev–Trinajstić information content (AvgIpc) is 2.75. The number of hydrogen-bond donors (Lipinski definition) is 1. The second-order valence-corrected chi connectivity index (χ2v) is 4.60. The standard InChI is InChI=1S/C14H20N2O5/c1-2-3-11(17)6-8-21-9-7-15-12(18)10-16-13(19)4-5-14(16)20/h4-5H,2-3,6-10H2,1H3,(H,15,18). The van der Waals surface area contributed by atoms with Crippen molar-refractivity contribution in [1.29, 1.82) is 0 Å². The number of rotatable bonds is 10. The minimum absolute atomic E-state index is 0.167. The molecule has 0 saturated carbocycles. The number of ketones is 1. The molecule has 1 heterocycles. The number of carbonyl (C=O) groups is 4. The fourth-order valence-electron chi connectivity index (χ4n) is 1.74. The highest BCUT2D eigenvalue weighted by Gasteiger charge is 2.25. The molecule has 116 valence electrons. The lowest BCUT2D eigenvalue weighted by Crippen LogP contribution is -2.41. The van der Waals surface area contributed by atoms with Gasteiger partial charge in [0.15, 0.2) is 0 Å². The van der Waals surface area contributed by atoms with Gasteiger partial charge in [0, 0.05) is 31.5 Å². The predicted molar refractivity (Wildman–Crippen MR) is 74.2 cm³/mol. The van der Waals surface area contributed by atoms with Gasteiger partial charge in [0.2, 0.25) is 5.91 Å². The summed E-state index contributed by atoms with van der Waals surface area (Å²) in [5.74, 6) is -1.23. The third-order valence-corrected chi connectivity index (χ3v) is 2.82. The van der Waals surface area contributed by atoms with Gasteiger partial charge in [-0.25, -0.2) is 0 Å². The molecule has 1 rings (SSSR count). The van der Waals surface area contributed by atoms with Gasteiger partial charge in [0.1, 0.15) is 12.3 Å². The second kappa shape index (κ2) is 9.02. The van der Waals surface area contributed by atoms with Crippen molar-refractivity contribution in [2.45, 2.75) is 26.2 Å². The Balaban J connectivity index is 2.05. The van der Waals surface area contributed by atoms with Gasteiger partial charge >= 0.3 is 0 Å². The second-order valence-electron chi connectivity index (χ2n) is 4.60. The highest BCUT2D eigenvalue weighted by atomic mass is 16.5. The van der Waals surface area contributed by atoms with Crippen LogP contribution in [0.25, 0.3) is 0 Å². The zero-order chi connectivity index (χ0) is 15.7. The summed E-state index contributed by atoms with van der Waals surface area (Å²) in [6, 6.07) is 0. The largest absolute Gasteiger partial charge is 0.379 e. The lowest BCUT2D eigenvalue weighted by Gasteiger charge is -2.13. The summed E-state index contributed by atoms with van der Waals surface area (Å²) in [5.41, 5.74) is 0. The first-order chi connectivity index (χ1) is 10.0. The third-order valence-electron chi connectivity index (χ3n) is 2.82. The van der Waals surface area contributed by atoms with Crippen LogP contribution < -0.4 is 5.32 Å². The van der Waals surface area contributed by atoms with E-state index in [1.54, 1.807) is 0 Å². The van der Waals surface area contributed by atoms with Gasteiger partial charge in [-0.1, -0.05) is 6.92 Å². The first-order valence-electron chi connectivity index (χ1n) is 6.94. The molecule has 0 fully saturated rings. The van der Waals surface area contributed by atoms with E-state index in [4.69, 9.17) is 4.74 Å². The molecule has 21 heavy (non-hydrogen) atoms. The maximum absolute atomic E-state index is 11.5. The van der Waals surface area contributed by atoms with Crippen LogP contribution in [0.1, 0.15) is 26.2 Å². The van der Waals surface area contributed by atoms with Crippen molar-refractivity contribution < 1.29 is 23.9 Å². The Hall–Kier alpha value is -2.02. The molecule has 1 aliphatic heterocycles. The summed E-state index contributed by atoms with van der Waals surface area (Å²) in [4.78, 5) is 46.1. The summed E-state index contributed by atoms with van der Waals surface area (Å²) < 4.78 is 5.22. The van der Waals surface area contributed by atoms with Gasteiger partial charge in [0.25, 0.3) is 11.8 Å². The van der Waals surface area contributed by atoms with Crippen molar-refractivity contribution in [2.24, 2.45) is 0 Å². The van der Waals surface area contributed by atoms with Crippen molar-refractivity contribution in [3.8, 4) is 0 Å². The van der Waals surface area contributed by atoms with Crippen molar-refractivity contribution in [1.82, 2.24) is 10.2 Å². The summed E-state index contributed by atoms with van der Waals surface area (Å²) in [5, 5.41) is 2.54. The van der Waals surface area contributed by atoms with E-state index in [-0.39, 0.29) is 25.5 Å². The Kier molecular flexibility index (Phi) is 7.31. The third kappa shape index (κ3) is 6.31. The number of nitrogens with zero attached hydrogens (tertiary/aromatic N) is 1. The van der Waals surface area contributed by atoms with E-state index >= 15 is 0 Å². The molecular weight excluding hydrogens is 276 g/mol. The number of nitrogens with one attached hydrogen (secondary N) is 1. The Bertz CT molecular complexity index is 427. The molecule has 7 heteroatoms. The number of imide groups is 1. The van der Waals surface area contributed by atoms with Crippen LogP contribution in [-0.4, -0.2) is 54.7 Å². The average molecular weight is 296 g/mol. The Morgan fingerprint density at radius 3 is 2.43 bits per heavy atom. The van der Waals surface area contributed by atoms with Crippen LogP contribution in [0.4, 0.5) is 0 Å². The van der Waals surface area contributed by atoms with Crippen LogP contribution in [0.15, 0.2) is 12.2 Å². The van der Waals surface area contributed by atoms with Crippen LogP contribution >= 0.6 is 0 Å². The summed E-state index contributed by atoms with van der Waals surface area (Å²) in [6.45, 7) is 2.54. The number of Topliss-reactive ketones (excluding diaryl/α,β-unsaturated/α-hetero) is 1. The molecule has 0 atom stereocenters. The van der Waals surface area contributed by atoms with Gasteiger partial charge in [0.05, 0.1) is 13.2 Å². The Morgan fingerprint density at radius 1 is 1.14 bits per heavy atom. The predicted octanol–water partition coefficient (Wildman–Crippen LogP) is -0.196. The van der Waals surface area contributed by atoms with E-state index in [0.29, 0.717) is 19.4 Å². The van der Waals surface area contributed by atoms with E-state index in [1.165, 1.54) is 0 Å². The van der Waals surface area contributed by atoms with Gasteiger partial charge in [-0.05, 0) is 6.42 Å². The molecule has 0 spiro atoms. The zero-order valence-electron chi connectivity index (χ0n) is 12.1. The molecule has 0 aromatic heterocycles. The highest BCUT2D eigenvalue weighted by Crippen LogP contribution is 2.02. The van der Waals surface area contributed by atoms with Crippen LogP contribution in [0.3, 0.4) is 0 Å². The van der Waals surface area contributed by atoms with Gasteiger partial charge in [-0.15, -0.1) is 0 Å². The lowest BCUT2D eigenvalue weighted by atomic mass is 10.2. The number of carbonyl (C=O) groups excluding carboxylic acids is 4. The first-order valence-corrected chi connectivity index (χ1v) is 6.94. The van der Waals surface area contributed by atoms with E-state index in [2.05, 4.69) is 5.32 Å². The van der Waals surface area contributed by atoms with E-state index in [1.807, 2.05) is 6.92 Å². The fraction of sp³-hybridized carbons (Fsp3) is 0.571. The van der Waals surface area contributed by atoms with Gasteiger partial charge in [-0.2, -0.15) is 0 Å². The first kappa shape index (κ1) is 17.0. The van der Waals surface area contributed by atoms with Crippen LogP contribution in [0.2, 0.25) is 0 Å². The topological polar surface area (TPSA) is 92.8 Å². The molecule has 0 aromatic rings. The number of amides is 3. The lowest BCUT2D eigenvalue weighted by molar-refractivity contribution is -0.141. The molecule has 0 bridgehead atoms. The number of hydrogen-bond acceptors (Lipinski definition) is 5. The van der Waals surface area contributed by atoms with Crippen LogP contribution in [0.5, 0.6) is 0 Å². The van der Waals surface area contributed by atoms with E-state index in [9.17, 15) is 19.2 Å². The normalized spacial score (nSPS) is 13.9. The Labute approximate surface area is 123 Å². The van der Waals surface area contributed by atoms with Gasteiger partial charge in [-0.3, -0.25) is 24.1 Å². The van der Waals surface area contributed by atoms with Crippen molar-refractivity contribution in [3.05, 3.63) is 12.2 Å². The van der Waals surface area contributed by atoms with Crippen LogP contribution in [-0.2, 0) is 23.9 Å². The minimum atomic E-state index is -0.485. The summed E-state index contributed by atoms with van der Waals surface area (Å²) in [6.07, 6.45) is 4.03. The van der Waals surface area contributed by atoms with E-state index < -0.39 is 17.7 Å². The quantitative estimate of drug-likeness (QED) is 0.445. The smallest absolute Gasteiger partial charge is 0.254 e. The molecule has 0 aromatic carbocycles. The monoisotopic (exact) mass is 296 g/mol. The SMILES string of the molecule is CCCC(=O)CCOCCNC(=O)CN1C(=O)C=CC1=O. The molecule has 0 aliphatic carbocycles. The molecule has 1 N–H and O–H groups in total. The highest BCUT2D eigenvalue weighted by molar-refractivity contribution is 6.14. The van der Waals surface area contributed by atoms with Crippen molar-refractivity contribution >= 4 is 23.5 Å². The van der Waals surface area contributed by atoms with E-state index in [0.717, 1.165) is 23.5 Å². The van der Waals surface area contributed by atoms with Gasteiger partial charge < -0.3 is 10.1 Å². The minimum Gasteiger partial charge on any atom is -0.379 e. The summed E-state index contributed by atoms with van der Waals surface area (Å²) >= 11 is 0. The zero-order valence-corrected chi connectivity index (χ0v) is 12.1. The molecule has 0 unspecified atom stereocenters.